The van der Waals surface area contributed by atoms with E-state index >= 15 is 0 Å². The summed E-state index contributed by atoms with van der Waals surface area (Å²) in [7, 11) is 1.67. The summed E-state index contributed by atoms with van der Waals surface area (Å²) in [5.74, 6) is 0.750. The fourth-order valence-electron chi connectivity index (χ4n) is 4.42. The number of carbonyl (C=O) groups is 1. The molecule has 2 atom stereocenters. The molecule has 5 nitrogen and oxygen atoms in total. The summed E-state index contributed by atoms with van der Waals surface area (Å²) in [5.41, 5.74) is 9.82. The SMILES string of the molecule is C=Cc1cccc(-c2ccc3c(c2)C2(CC(c4ccccc4)O3)N=C(N)N(C)C2=O)c1. The molecule has 2 aliphatic heterocycles. The Labute approximate surface area is 181 Å². The first kappa shape index (κ1) is 19.1. The van der Waals surface area contributed by atoms with Gasteiger partial charge < -0.3 is 10.5 Å². The van der Waals surface area contributed by atoms with Gasteiger partial charge in [0.15, 0.2) is 11.5 Å². The Bertz CT molecular complexity index is 1220. The molecule has 2 aliphatic rings. The second kappa shape index (κ2) is 7.13. The Hall–Kier alpha value is -3.86. The molecule has 154 valence electrons. The fourth-order valence-corrected chi connectivity index (χ4v) is 4.42. The summed E-state index contributed by atoms with van der Waals surface area (Å²) in [5, 5.41) is 0. The number of nitrogens with two attached hydrogens (primary N) is 1. The van der Waals surface area contributed by atoms with Crippen LogP contribution in [0.3, 0.4) is 0 Å². The Kier molecular flexibility index (Phi) is 4.40. The number of aliphatic imine (C=N–C) groups is 1. The number of hydrogen-bond donors (Lipinski definition) is 1. The van der Waals surface area contributed by atoms with Gasteiger partial charge in [0.05, 0.1) is 0 Å². The third-order valence-corrected chi connectivity index (χ3v) is 6.11. The first-order chi connectivity index (χ1) is 15.0. The van der Waals surface area contributed by atoms with Crippen molar-refractivity contribution in [3.8, 4) is 16.9 Å². The maximum absolute atomic E-state index is 13.4. The zero-order valence-corrected chi connectivity index (χ0v) is 17.3. The molecule has 3 aromatic rings. The number of guanidine groups is 1. The van der Waals surface area contributed by atoms with Crippen LogP contribution in [0.1, 0.15) is 29.2 Å². The Balaban J connectivity index is 1.67. The van der Waals surface area contributed by atoms with Gasteiger partial charge in [0.2, 0.25) is 0 Å². The van der Waals surface area contributed by atoms with E-state index in [-0.39, 0.29) is 18.0 Å². The van der Waals surface area contributed by atoms with Gasteiger partial charge in [-0.2, -0.15) is 0 Å². The number of fused-ring (bicyclic) bond motifs is 2. The highest BCUT2D eigenvalue weighted by Crippen LogP contribution is 2.50. The maximum atomic E-state index is 13.4. The largest absolute Gasteiger partial charge is 0.485 e. The second-order valence-corrected chi connectivity index (χ2v) is 7.96. The van der Waals surface area contributed by atoms with Crippen LogP contribution in [-0.4, -0.2) is 23.8 Å². The lowest BCUT2D eigenvalue weighted by Gasteiger charge is -2.37. The second-order valence-electron chi connectivity index (χ2n) is 7.96. The molecule has 0 saturated heterocycles. The van der Waals surface area contributed by atoms with E-state index in [9.17, 15) is 4.79 Å². The normalized spacial score (nSPS) is 22.1. The summed E-state index contributed by atoms with van der Waals surface area (Å²) in [4.78, 5) is 19.6. The van der Waals surface area contributed by atoms with Crippen LogP contribution in [0.2, 0.25) is 0 Å². The quantitative estimate of drug-likeness (QED) is 0.692. The predicted octanol–water partition coefficient (Wildman–Crippen LogP) is 4.50. The molecule has 5 rings (SSSR count). The minimum atomic E-state index is -1.10. The Morgan fingerprint density at radius 1 is 1.10 bits per heavy atom. The molecule has 0 bridgehead atoms. The topological polar surface area (TPSA) is 67.9 Å². The van der Waals surface area contributed by atoms with E-state index in [1.54, 1.807) is 7.05 Å². The van der Waals surface area contributed by atoms with Crippen molar-refractivity contribution < 1.29 is 9.53 Å². The molecule has 0 saturated carbocycles. The van der Waals surface area contributed by atoms with Crippen LogP contribution >= 0.6 is 0 Å². The van der Waals surface area contributed by atoms with Crippen LogP contribution in [-0.2, 0) is 10.3 Å². The van der Waals surface area contributed by atoms with E-state index in [0.717, 1.165) is 27.8 Å². The lowest BCUT2D eigenvalue weighted by atomic mass is 9.79. The van der Waals surface area contributed by atoms with Crippen LogP contribution in [0.15, 0.2) is 84.4 Å². The fraction of sp³-hybridized carbons (Fsp3) is 0.154. The molecule has 0 radical (unpaired) electrons. The van der Waals surface area contributed by atoms with Gasteiger partial charge in [-0.05, 0) is 40.5 Å². The van der Waals surface area contributed by atoms with Crippen molar-refractivity contribution >= 4 is 17.9 Å². The number of carbonyl (C=O) groups excluding carboxylic acids is 1. The number of hydrogen-bond acceptors (Lipinski definition) is 4. The first-order valence-electron chi connectivity index (χ1n) is 10.2. The lowest BCUT2D eigenvalue weighted by molar-refractivity contribution is -0.132. The van der Waals surface area contributed by atoms with E-state index in [4.69, 9.17) is 15.5 Å². The smallest absolute Gasteiger partial charge is 0.261 e. The van der Waals surface area contributed by atoms with Gasteiger partial charge in [0, 0.05) is 19.0 Å². The summed E-state index contributed by atoms with van der Waals surface area (Å²) < 4.78 is 6.36. The van der Waals surface area contributed by atoms with Crippen molar-refractivity contribution in [1.29, 1.82) is 0 Å². The molecule has 2 N–H and O–H groups in total. The number of rotatable bonds is 3. The third kappa shape index (κ3) is 3.01. The molecule has 31 heavy (non-hydrogen) atoms. The average Bonchev–Trinajstić information content (AvgIpc) is 3.03. The average molecular weight is 409 g/mol. The summed E-state index contributed by atoms with van der Waals surface area (Å²) in [6, 6.07) is 24.0. The summed E-state index contributed by atoms with van der Waals surface area (Å²) in [6.07, 6.45) is 1.91. The van der Waals surface area contributed by atoms with Gasteiger partial charge in [-0.25, -0.2) is 4.99 Å². The van der Waals surface area contributed by atoms with E-state index < -0.39 is 5.54 Å². The molecule has 2 heterocycles. The van der Waals surface area contributed by atoms with Crippen LogP contribution < -0.4 is 10.5 Å². The molecular weight excluding hydrogens is 386 g/mol. The highest BCUT2D eigenvalue weighted by atomic mass is 16.5. The monoisotopic (exact) mass is 409 g/mol. The summed E-state index contributed by atoms with van der Waals surface area (Å²) in [6.45, 7) is 3.86. The predicted molar refractivity (Wildman–Crippen MR) is 122 cm³/mol. The van der Waals surface area contributed by atoms with E-state index in [1.807, 2.05) is 72.8 Å². The first-order valence-corrected chi connectivity index (χ1v) is 10.2. The molecule has 0 aromatic heterocycles. The van der Waals surface area contributed by atoms with Gasteiger partial charge in [0.25, 0.3) is 5.91 Å². The number of nitrogens with zero attached hydrogens (tertiary/aromatic N) is 2. The molecule has 0 aliphatic carbocycles. The van der Waals surface area contributed by atoms with Crippen LogP contribution in [0.4, 0.5) is 0 Å². The molecule has 2 unspecified atom stereocenters. The minimum absolute atomic E-state index is 0.132. The Morgan fingerprint density at radius 3 is 2.58 bits per heavy atom. The highest BCUT2D eigenvalue weighted by molar-refractivity contribution is 6.07. The van der Waals surface area contributed by atoms with Crippen molar-refractivity contribution in [1.82, 2.24) is 4.90 Å². The van der Waals surface area contributed by atoms with Crippen LogP contribution in [0.25, 0.3) is 17.2 Å². The number of likely N-dealkylation sites (N-methyl/N-ethyl adjacent to an activating group) is 1. The van der Waals surface area contributed by atoms with Crippen LogP contribution in [0.5, 0.6) is 5.75 Å². The minimum Gasteiger partial charge on any atom is -0.485 e. The van der Waals surface area contributed by atoms with Crippen molar-refractivity contribution in [2.24, 2.45) is 10.7 Å². The molecule has 5 heteroatoms. The van der Waals surface area contributed by atoms with Crippen molar-refractivity contribution in [2.45, 2.75) is 18.1 Å². The number of amides is 1. The third-order valence-electron chi connectivity index (χ3n) is 6.11. The van der Waals surface area contributed by atoms with Gasteiger partial charge >= 0.3 is 0 Å². The van der Waals surface area contributed by atoms with Crippen LogP contribution in [0, 0.1) is 0 Å². The molecule has 0 fully saturated rings. The lowest BCUT2D eigenvalue weighted by Crippen LogP contribution is -2.43. The van der Waals surface area contributed by atoms with Crippen molar-refractivity contribution in [3.05, 3.63) is 96.1 Å². The molecule has 3 aromatic carbocycles. The van der Waals surface area contributed by atoms with E-state index in [2.05, 4.69) is 12.6 Å². The van der Waals surface area contributed by atoms with Gasteiger partial charge in [-0.1, -0.05) is 67.3 Å². The van der Waals surface area contributed by atoms with Gasteiger partial charge in [-0.15, -0.1) is 0 Å². The highest BCUT2D eigenvalue weighted by Gasteiger charge is 2.53. The standard InChI is InChI=1S/C26H23N3O2/c1-3-17-8-7-11-19(14-17)20-12-13-22-21(15-20)26(24(30)29(2)25(27)28-26)16-23(31-22)18-9-5-4-6-10-18/h3-15,23H,1,16H2,2H3,(H2,27,28). The summed E-state index contributed by atoms with van der Waals surface area (Å²) >= 11 is 0. The van der Waals surface area contributed by atoms with Gasteiger partial charge in [-0.3, -0.25) is 9.69 Å². The van der Waals surface area contributed by atoms with Crippen molar-refractivity contribution in [3.63, 3.8) is 0 Å². The van der Waals surface area contributed by atoms with Crippen molar-refractivity contribution in [2.75, 3.05) is 7.05 Å². The van der Waals surface area contributed by atoms with Gasteiger partial charge in [0.1, 0.15) is 11.9 Å². The molecule has 1 spiro atoms. The van der Waals surface area contributed by atoms with E-state index in [0.29, 0.717) is 12.2 Å². The molecular formula is C26H23N3O2. The maximum Gasteiger partial charge on any atom is 0.261 e. The zero-order chi connectivity index (χ0) is 21.6. The Morgan fingerprint density at radius 2 is 1.87 bits per heavy atom. The number of benzene rings is 3. The zero-order valence-electron chi connectivity index (χ0n) is 17.3. The molecule has 1 amide bonds. The van der Waals surface area contributed by atoms with E-state index in [1.165, 1.54) is 4.90 Å². The number of ether oxygens (including phenoxy) is 1.